The van der Waals surface area contributed by atoms with Gasteiger partial charge in [0.2, 0.25) is 0 Å². The second-order valence-corrected chi connectivity index (χ2v) is 4.80. The van der Waals surface area contributed by atoms with Crippen molar-refractivity contribution in [3.05, 3.63) is 65.2 Å². The molecule has 0 unspecified atom stereocenters. The number of aliphatic carboxylic acids is 1. The molecule has 0 saturated carbocycles. The van der Waals surface area contributed by atoms with Crippen LogP contribution < -0.4 is 4.74 Å². The van der Waals surface area contributed by atoms with Crippen molar-refractivity contribution < 1.29 is 14.6 Å². The topological polar surface area (TPSA) is 46.5 Å². The van der Waals surface area contributed by atoms with Gasteiger partial charge in [-0.1, -0.05) is 31.2 Å². The van der Waals surface area contributed by atoms with Gasteiger partial charge in [-0.05, 0) is 54.3 Å². The lowest BCUT2D eigenvalue weighted by Gasteiger charge is -2.10. The highest BCUT2D eigenvalue weighted by Crippen LogP contribution is 2.27. The molecule has 0 aromatic heterocycles. The van der Waals surface area contributed by atoms with Gasteiger partial charge in [0.15, 0.2) is 0 Å². The standard InChI is InChI=1S/C18H18O3/c1-3-14-5-4-6-16(11-14)21-17-12-15(8-7-13(17)2)9-10-18(19)20/h4-12H,3H2,1-2H3,(H,19,20)/b10-9+. The molecule has 0 heterocycles. The number of rotatable bonds is 5. The molecule has 3 heteroatoms. The fourth-order valence-electron chi connectivity index (χ4n) is 1.95. The van der Waals surface area contributed by atoms with Crippen LogP contribution in [0.1, 0.15) is 23.6 Å². The molecule has 108 valence electrons. The van der Waals surface area contributed by atoms with E-state index in [2.05, 4.69) is 13.0 Å². The van der Waals surface area contributed by atoms with Crippen LogP contribution in [0.4, 0.5) is 0 Å². The Bertz CT molecular complexity index is 672. The Morgan fingerprint density at radius 2 is 2.05 bits per heavy atom. The number of aryl methyl sites for hydroxylation is 2. The lowest BCUT2D eigenvalue weighted by Crippen LogP contribution is -1.90. The second-order valence-electron chi connectivity index (χ2n) is 4.80. The first kappa shape index (κ1) is 14.9. The summed E-state index contributed by atoms with van der Waals surface area (Å²) in [7, 11) is 0. The molecule has 21 heavy (non-hydrogen) atoms. The highest BCUT2D eigenvalue weighted by molar-refractivity contribution is 5.85. The molecule has 3 nitrogen and oxygen atoms in total. The zero-order valence-corrected chi connectivity index (χ0v) is 12.2. The van der Waals surface area contributed by atoms with Crippen molar-refractivity contribution in [2.75, 3.05) is 0 Å². The summed E-state index contributed by atoms with van der Waals surface area (Å²) in [5, 5.41) is 8.67. The highest BCUT2D eigenvalue weighted by atomic mass is 16.5. The van der Waals surface area contributed by atoms with Crippen molar-refractivity contribution in [3.63, 3.8) is 0 Å². The van der Waals surface area contributed by atoms with E-state index in [9.17, 15) is 4.79 Å². The summed E-state index contributed by atoms with van der Waals surface area (Å²) in [6.07, 6.45) is 3.63. The van der Waals surface area contributed by atoms with Crippen LogP contribution in [0.15, 0.2) is 48.5 Å². The minimum absolute atomic E-state index is 0.732. The van der Waals surface area contributed by atoms with Gasteiger partial charge in [0.1, 0.15) is 11.5 Å². The minimum Gasteiger partial charge on any atom is -0.478 e. The molecule has 2 aromatic carbocycles. The van der Waals surface area contributed by atoms with Crippen LogP contribution in [0.2, 0.25) is 0 Å². The monoisotopic (exact) mass is 282 g/mol. The minimum atomic E-state index is -0.964. The largest absolute Gasteiger partial charge is 0.478 e. The maximum Gasteiger partial charge on any atom is 0.328 e. The first-order valence-corrected chi connectivity index (χ1v) is 6.87. The van der Waals surface area contributed by atoms with Crippen molar-refractivity contribution in [1.82, 2.24) is 0 Å². The van der Waals surface area contributed by atoms with Gasteiger partial charge in [0.05, 0.1) is 0 Å². The van der Waals surface area contributed by atoms with Crippen LogP contribution in [0.25, 0.3) is 6.08 Å². The van der Waals surface area contributed by atoms with Gasteiger partial charge in [-0.15, -0.1) is 0 Å². The maximum atomic E-state index is 10.6. The van der Waals surface area contributed by atoms with Crippen molar-refractivity contribution in [2.24, 2.45) is 0 Å². The predicted molar refractivity (Wildman–Crippen MR) is 83.7 cm³/mol. The molecule has 0 bridgehead atoms. The van der Waals surface area contributed by atoms with Crippen molar-refractivity contribution in [2.45, 2.75) is 20.3 Å². The van der Waals surface area contributed by atoms with Crippen LogP contribution in [0, 0.1) is 6.92 Å². The summed E-state index contributed by atoms with van der Waals surface area (Å²) in [6, 6.07) is 13.6. The molecule has 0 fully saturated rings. The van der Waals surface area contributed by atoms with Crippen LogP contribution >= 0.6 is 0 Å². The Labute approximate surface area is 124 Å². The van der Waals surface area contributed by atoms with E-state index in [4.69, 9.17) is 9.84 Å². The summed E-state index contributed by atoms with van der Waals surface area (Å²) in [4.78, 5) is 10.6. The third kappa shape index (κ3) is 4.21. The highest BCUT2D eigenvalue weighted by Gasteiger charge is 2.03. The van der Waals surface area contributed by atoms with Gasteiger partial charge in [0, 0.05) is 6.08 Å². The molecule has 0 amide bonds. The zero-order chi connectivity index (χ0) is 15.2. The Kier molecular flexibility index (Phi) is 4.77. The molecule has 0 saturated heterocycles. The van der Waals surface area contributed by atoms with Gasteiger partial charge in [-0.3, -0.25) is 0 Å². The lowest BCUT2D eigenvalue weighted by molar-refractivity contribution is -0.131. The quantitative estimate of drug-likeness (QED) is 0.824. The molecule has 1 N–H and O–H groups in total. The van der Waals surface area contributed by atoms with E-state index < -0.39 is 5.97 Å². The van der Waals surface area contributed by atoms with Gasteiger partial charge < -0.3 is 9.84 Å². The van der Waals surface area contributed by atoms with Crippen LogP contribution in [-0.2, 0) is 11.2 Å². The number of carboxylic acids is 1. The molecule has 2 aromatic rings. The lowest BCUT2D eigenvalue weighted by atomic mass is 10.1. The van der Waals surface area contributed by atoms with Crippen molar-refractivity contribution in [3.8, 4) is 11.5 Å². The Morgan fingerprint density at radius 3 is 2.76 bits per heavy atom. The first-order valence-electron chi connectivity index (χ1n) is 6.87. The van der Waals surface area contributed by atoms with E-state index in [0.717, 1.165) is 35.1 Å². The molecule has 2 rings (SSSR count). The van der Waals surface area contributed by atoms with E-state index in [1.807, 2.05) is 43.3 Å². The van der Waals surface area contributed by atoms with E-state index in [1.165, 1.54) is 5.56 Å². The predicted octanol–water partition coefficient (Wildman–Crippen LogP) is 4.45. The third-order valence-corrected chi connectivity index (χ3v) is 3.17. The Hall–Kier alpha value is -2.55. The number of ether oxygens (including phenoxy) is 1. The number of hydrogen-bond donors (Lipinski definition) is 1. The average Bonchev–Trinajstić information content (AvgIpc) is 2.48. The summed E-state index contributed by atoms with van der Waals surface area (Å²) in [6.45, 7) is 4.06. The second kappa shape index (κ2) is 6.75. The molecular formula is C18H18O3. The normalized spacial score (nSPS) is 10.8. The fourth-order valence-corrected chi connectivity index (χ4v) is 1.95. The molecule has 0 aliphatic carbocycles. The SMILES string of the molecule is CCc1cccc(Oc2cc(/C=C/C(=O)O)ccc2C)c1. The van der Waals surface area contributed by atoms with Gasteiger partial charge >= 0.3 is 5.97 Å². The number of benzene rings is 2. The fraction of sp³-hybridized carbons (Fsp3) is 0.167. The van der Waals surface area contributed by atoms with Gasteiger partial charge in [-0.25, -0.2) is 4.79 Å². The maximum absolute atomic E-state index is 10.6. The van der Waals surface area contributed by atoms with Crippen LogP contribution in [0.3, 0.4) is 0 Å². The Balaban J connectivity index is 2.26. The van der Waals surface area contributed by atoms with Crippen molar-refractivity contribution in [1.29, 1.82) is 0 Å². The van der Waals surface area contributed by atoms with Gasteiger partial charge in [-0.2, -0.15) is 0 Å². The third-order valence-electron chi connectivity index (χ3n) is 3.17. The van der Waals surface area contributed by atoms with Crippen LogP contribution in [0.5, 0.6) is 11.5 Å². The molecule has 0 atom stereocenters. The number of hydrogen-bond acceptors (Lipinski definition) is 2. The summed E-state index contributed by atoms with van der Waals surface area (Å²) >= 11 is 0. The number of carboxylic acid groups (broad SMARTS) is 1. The molecule has 0 spiro atoms. The summed E-state index contributed by atoms with van der Waals surface area (Å²) in [5.74, 6) is 0.557. The summed E-state index contributed by atoms with van der Waals surface area (Å²) < 4.78 is 5.92. The summed E-state index contributed by atoms with van der Waals surface area (Å²) in [5.41, 5.74) is 3.01. The van der Waals surface area contributed by atoms with Gasteiger partial charge in [0.25, 0.3) is 0 Å². The molecule has 0 aliphatic heterocycles. The molecule has 0 aliphatic rings. The van der Waals surface area contributed by atoms with E-state index in [-0.39, 0.29) is 0 Å². The van der Waals surface area contributed by atoms with E-state index in [0.29, 0.717) is 0 Å². The Morgan fingerprint density at radius 1 is 1.24 bits per heavy atom. The number of carbonyl (C=O) groups is 1. The zero-order valence-electron chi connectivity index (χ0n) is 12.2. The van der Waals surface area contributed by atoms with E-state index >= 15 is 0 Å². The van der Waals surface area contributed by atoms with E-state index in [1.54, 1.807) is 6.08 Å². The van der Waals surface area contributed by atoms with Crippen LogP contribution in [-0.4, -0.2) is 11.1 Å². The average molecular weight is 282 g/mol. The van der Waals surface area contributed by atoms with Crippen molar-refractivity contribution >= 4 is 12.0 Å². The molecular weight excluding hydrogens is 264 g/mol. The first-order chi connectivity index (χ1) is 10.1. The smallest absolute Gasteiger partial charge is 0.328 e. The molecule has 0 radical (unpaired) electrons.